The van der Waals surface area contributed by atoms with Gasteiger partial charge in [0, 0.05) is 22.6 Å². The van der Waals surface area contributed by atoms with E-state index >= 15 is 0 Å². The summed E-state index contributed by atoms with van der Waals surface area (Å²) in [7, 11) is 0. The molecule has 1 atom stereocenters. The van der Waals surface area contributed by atoms with Crippen molar-refractivity contribution >= 4 is 34.2 Å². The van der Waals surface area contributed by atoms with Crippen LogP contribution in [0.25, 0.3) is 0 Å². The summed E-state index contributed by atoms with van der Waals surface area (Å²) < 4.78 is 1.04. The first-order chi connectivity index (χ1) is 8.16. The Morgan fingerprint density at radius 1 is 1.50 bits per heavy atom. The molecular weight excluding hydrogens is 316 g/mol. The Balaban J connectivity index is 0.00000162. The van der Waals surface area contributed by atoms with E-state index in [9.17, 15) is 4.79 Å². The quantitative estimate of drug-likeness (QED) is 0.873. The highest BCUT2D eigenvalue weighted by molar-refractivity contribution is 9.10. The number of rotatable bonds is 2. The van der Waals surface area contributed by atoms with Crippen molar-refractivity contribution in [2.75, 3.05) is 13.1 Å². The summed E-state index contributed by atoms with van der Waals surface area (Å²) in [6, 6.07) is 5.95. The van der Waals surface area contributed by atoms with Crippen LogP contribution in [0.5, 0.6) is 0 Å². The van der Waals surface area contributed by atoms with Gasteiger partial charge < -0.3 is 10.6 Å². The number of carbonyl (C=O) groups is 1. The number of hydrogen-bond donors (Lipinski definition) is 2. The average Bonchev–Trinajstić information content (AvgIpc) is 2.34. The first-order valence-electron chi connectivity index (χ1n) is 5.94. The molecule has 2 N–H and O–H groups in total. The number of carbonyl (C=O) groups excluding carboxylic acids is 1. The predicted octanol–water partition coefficient (Wildman–Crippen LogP) is 2.66. The van der Waals surface area contributed by atoms with E-state index in [2.05, 4.69) is 26.6 Å². The van der Waals surface area contributed by atoms with Crippen molar-refractivity contribution in [3.05, 3.63) is 33.8 Å². The SMILES string of the molecule is Cc1cc(C(=O)N[C@H]2CCCNC2)ccc1Br.Cl. The Hall–Kier alpha value is -0.580. The van der Waals surface area contributed by atoms with E-state index in [-0.39, 0.29) is 24.4 Å². The van der Waals surface area contributed by atoms with Crippen LogP contribution in [-0.4, -0.2) is 25.0 Å². The second-order valence-corrected chi connectivity index (χ2v) is 5.34. The molecule has 0 aromatic heterocycles. The molecule has 1 fully saturated rings. The molecule has 1 aromatic rings. The van der Waals surface area contributed by atoms with Gasteiger partial charge in [-0.2, -0.15) is 0 Å². The maximum absolute atomic E-state index is 12.0. The van der Waals surface area contributed by atoms with E-state index in [1.54, 1.807) is 0 Å². The van der Waals surface area contributed by atoms with Crippen molar-refractivity contribution in [2.45, 2.75) is 25.8 Å². The van der Waals surface area contributed by atoms with Crippen LogP contribution >= 0.6 is 28.3 Å². The number of amides is 1. The number of benzene rings is 1. The summed E-state index contributed by atoms with van der Waals surface area (Å²) in [6.45, 7) is 3.92. The monoisotopic (exact) mass is 332 g/mol. The van der Waals surface area contributed by atoms with Gasteiger partial charge in [0.1, 0.15) is 0 Å². The second-order valence-electron chi connectivity index (χ2n) is 4.48. The summed E-state index contributed by atoms with van der Waals surface area (Å²) in [4.78, 5) is 12.0. The minimum Gasteiger partial charge on any atom is -0.348 e. The molecule has 0 unspecified atom stereocenters. The minimum absolute atomic E-state index is 0. The van der Waals surface area contributed by atoms with Crippen LogP contribution in [0.3, 0.4) is 0 Å². The molecule has 1 saturated heterocycles. The van der Waals surface area contributed by atoms with Crippen molar-refractivity contribution in [3.8, 4) is 0 Å². The van der Waals surface area contributed by atoms with Crippen molar-refractivity contribution < 1.29 is 4.79 Å². The van der Waals surface area contributed by atoms with Crippen LogP contribution in [0.2, 0.25) is 0 Å². The fourth-order valence-corrected chi connectivity index (χ4v) is 2.28. The van der Waals surface area contributed by atoms with E-state index in [1.807, 2.05) is 25.1 Å². The lowest BCUT2D eigenvalue weighted by Crippen LogP contribution is -2.45. The van der Waals surface area contributed by atoms with Crippen molar-refractivity contribution in [1.29, 1.82) is 0 Å². The van der Waals surface area contributed by atoms with E-state index in [0.717, 1.165) is 41.5 Å². The molecule has 0 spiro atoms. The van der Waals surface area contributed by atoms with Gasteiger partial charge in [-0.25, -0.2) is 0 Å². The summed E-state index contributed by atoms with van der Waals surface area (Å²) in [5.74, 6) is 0.0225. The lowest BCUT2D eigenvalue weighted by molar-refractivity contribution is 0.0930. The fraction of sp³-hybridized carbons (Fsp3) is 0.462. The summed E-state index contributed by atoms with van der Waals surface area (Å²) in [6.07, 6.45) is 2.19. The van der Waals surface area contributed by atoms with E-state index < -0.39 is 0 Å². The molecule has 1 amide bonds. The molecule has 1 aromatic carbocycles. The zero-order valence-corrected chi connectivity index (χ0v) is 12.7. The molecule has 0 aliphatic carbocycles. The zero-order valence-electron chi connectivity index (χ0n) is 10.3. The van der Waals surface area contributed by atoms with Crippen molar-refractivity contribution in [1.82, 2.24) is 10.6 Å². The number of halogens is 2. The van der Waals surface area contributed by atoms with E-state index in [0.29, 0.717) is 0 Å². The third-order valence-electron chi connectivity index (χ3n) is 3.05. The van der Waals surface area contributed by atoms with Crippen LogP contribution < -0.4 is 10.6 Å². The Labute approximate surface area is 122 Å². The number of hydrogen-bond acceptors (Lipinski definition) is 2. The van der Waals surface area contributed by atoms with Crippen LogP contribution in [0.1, 0.15) is 28.8 Å². The highest BCUT2D eigenvalue weighted by atomic mass is 79.9. The summed E-state index contributed by atoms with van der Waals surface area (Å²) >= 11 is 3.44. The van der Waals surface area contributed by atoms with Gasteiger partial charge in [-0.15, -0.1) is 12.4 Å². The summed E-state index contributed by atoms with van der Waals surface area (Å²) in [5, 5.41) is 6.36. The minimum atomic E-state index is 0. The maximum Gasteiger partial charge on any atom is 0.251 e. The molecule has 1 aliphatic heterocycles. The molecule has 18 heavy (non-hydrogen) atoms. The molecule has 1 aliphatic rings. The van der Waals surface area contributed by atoms with Gasteiger partial charge in [-0.1, -0.05) is 15.9 Å². The number of aryl methyl sites for hydroxylation is 1. The molecule has 100 valence electrons. The van der Waals surface area contributed by atoms with Gasteiger partial charge in [0.25, 0.3) is 5.91 Å². The highest BCUT2D eigenvalue weighted by Gasteiger charge is 2.16. The molecule has 2 rings (SSSR count). The standard InChI is InChI=1S/C13H17BrN2O.ClH/c1-9-7-10(4-5-12(9)14)13(17)16-11-3-2-6-15-8-11;/h4-5,7,11,15H,2-3,6,8H2,1H3,(H,16,17);1H/t11-;/m0./s1. The average molecular weight is 334 g/mol. The van der Waals surface area contributed by atoms with Gasteiger partial charge in [0.15, 0.2) is 0 Å². The van der Waals surface area contributed by atoms with Gasteiger partial charge in [-0.05, 0) is 50.1 Å². The molecule has 0 radical (unpaired) electrons. The molecule has 0 saturated carbocycles. The topological polar surface area (TPSA) is 41.1 Å². The van der Waals surface area contributed by atoms with Gasteiger partial charge in [0.2, 0.25) is 0 Å². The molecule has 3 nitrogen and oxygen atoms in total. The fourth-order valence-electron chi connectivity index (χ4n) is 2.03. The Morgan fingerprint density at radius 3 is 2.89 bits per heavy atom. The molecule has 1 heterocycles. The molecular formula is C13H18BrClN2O. The third kappa shape index (κ3) is 3.97. The lowest BCUT2D eigenvalue weighted by Gasteiger charge is -2.23. The zero-order chi connectivity index (χ0) is 12.3. The van der Waals surface area contributed by atoms with Gasteiger partial charge in [-0.3, -0.25) is 4.79 Å². The van der Waals surface area contributed by atoms with Crippen molar-refractivity contribution in [3.63, 3.8) is 0 Å². The largest absolute Gasteiger partial charge is 0.348 e. The van der Waals surface area contributed by atoms with E-state index in [4.69, 9.17) is 0 Å². The smallest absolute Gasteiger partial charge is 0.251 e. The maximum atomic E-state index is 12.0. The third-order valence-corrected chi connectivity index (χ3v) is 3.94. The molecule has 5 heteroatoms. The Kier molecular flexibility index (Phi) is 6.12. The normalized spacial score (nSPS) is 18.9. The van der Waals surface area contributed by atoms with Crippen LogP contribution in [-0.2, 0) is 0 Å². The lowest BCUT2D eigenvalue weighted by atomic mass is 10.1. The van der Waals surface area contributed by atoms with Crippen LogP contribution in [0.15, 0.2) is 22.7 Å². The van der Waals surface area contributed by atoms with Crippen molar-refractivity contribution in [2.24, 2.45) is 0 Å². The predicted molar refractivity (Wildman–Crippen MR) is 79.5 cm³/mol. The molecule has 0 bridgehead atoms. The number of nitrogens with one attached hydrogen (secondary N) is 2. The first-order valence-corrected chi connectivity index (χ1v) is 6.74. The van der Waals surface area contributed by atoms with E-state index in [1.165, 1.54) is 0 Å². The van der Waals surface area contributed by atoms with Crippen LogP contribution in [0.4, 0.5) is 0 Å². The number of piperidine rings is 1. The Morgan fingerprint density at radius 2 is 2.28 bits per heavy atom. The van der Waals surface area contributed by atoms with Gasteiger partial charge in [0.05, 0.1) is 0 Å². The second kappa shape index (κ2) is 7.12. The Bertz CT molecular complexity index is 419. The highest BCUT2D eigenvalue weighted by Crippen LogP contribution is 2.17. The van der Waals surface area contributed by atoms with Gasteiger partial charge >= 0.3 is 0 Å². The van der Waals surface area contributed by atoms with Crippen LogP contribution in [0, 0.1) is 6.92 Å². The summed E-state index contributed by atoms with van der Waals surface area (Å²) in [5.41, 5.74) is 1.82. The first kappa shape index (κ1) is 15.5.